The standard InChI is InChI=1S/C18H20N6O2/c1-11-14(12(2)21-20-11)8-19-18(25)17-15-10-26-16(9-24(15)23-22-17)13-6-4-3-5-7-13/h3-7,16H,8-10H2,1-2H3,(H,19,25)(H,20,21). The molecule has 1 aromatic carbocycles. The minimum atomic E-state index is -0.256. The number of amides is 1. The van der Waals surface area contributed by atoms with E-state index < -0.39 is 0 Å². The molecule has 0 saturated heterocycles. The van der Waals surface area contributed by atoms with Crippen LogP contribution in [0.15, 0.2) is 30.3 Å². The highest BCUT2D eigenvalue weighted by atomic mass is 16.5. The van der Waals surface area contributed by atoms with E-state index in [1.54, 1.807) is 4.68 Å². The van der Waals surface area contributed by atoms with Gasteiger partial charge in [0.05, 0.1) is 24.5 Å². The fraction of sp³-hybridized carbons (Fsp3) is 0.333. The van der Waals surface area contributed by atoms with Crippen molar-refractivity contribution in [1.29, 1.82) is 0 Å². The monoisotopic (exact) mass is 352 g/mol. The molecule has 4 rings (SSSR count). The Morgan fingerprint density at radius 2 is 2.15 bits per heavy atom. The molecule has 3 heterocycles. The summed E-state index contributed by atoms with van der Waals surface area (Å²) in [5.74, 6) is -0.256. The molecule has 2 N–H and O–H groups in total. The molecule has 8 heteroatoms. The lowest BCUT2D eigenvalue weighted by atomic mass is 10.1. The maximum absolute atomic E-state index is 12.5. The molecule has 2 aromatic heterocycles. The number of ether oxygens (including phenoxy) is 1. The smallest absolute Gasteiger partial charge is 0.274 e. The largest absolute Gasteiger partial charge is 0.365 e. The predicted molar refractivity (Wildman–Crippen MR) is 93.2 cm³/mol. The van der Waals surface area contributed by atoms with E-state index in [0.29, 0.717) is 31.1 Å². The van der Waals surface area contributed by atoms with Gasteiger partial charge < -0.3 is 10.1 Å². The van der Waals surface area contributed by atoms with Crippen LogP contribution in [-0.2, 0) is 24.4 Å². The van der Waals surface area contributed by atoms with Gasteiger partial charge in [0.25, 0.3) is 5.91 Å². The van der Waals surface area contributed by atoms with E-state index >= 15 is 0 Å². The first kappa shape index (κ1) is 16.5. The zero-order valence-electron chi connectivity index (χ0n) is 14.7. The van der Waals surface area contributed by atoms with Gasteiger partial charge in [0.1, 0.15) is 6.10 Å². The maximum Gasteiger partial charge on any atom is 0.274 e. The van der Waals surface area contributed by atoms with Crippen molar-refractivity contribution in [3.8, 4) is 0 Å². The number of hydrogen-bond acceptors (Lipinski definition) is 5. The Morgan fingerprint density at radius 3 is 2.88 bits per heavy atom. The van der Waals surface area contributed by atoms with Crippen LogP contribution in [-0.4, -0.2) is 31.1 Å². The summed E-state index contributed by atoms with van der Waals surface area (Å²) in [7, 11) is 0. The van der Waals surface area contributed by atoms with Crippen molar-refractivity contribution in [2.45, 2.75) is 39.6 Å². The summed E-state index contributed by atoms with van der Waals surface area (Å²) in [6.45, 7) is 5.08. The van der Waals surface area contributed by atoms with Gasteiger partial charge in [-0.2, -0.15) is 5.10 Å². The lowest BCUT2D eigenvalue weighted by Crippen LogP contribution is -2.27. The second-order valence-corrected chi connectivity index (χ2v) is 6.37. The van der Waals surface area contributed by atoms with Crippen LogP contribution in [0.4, 0.5) is 0 Å². The van der Waals surface area contributed by atoms with Gasteiger partial charge in [-0.15, -0.1) is 5.10 Å². The molecule has 26 heavy (non-hydrogen) atoms. The van der Waals surface area contributed by atoms with E-state index in [1.807, 2.05) is 44.2 Å². The Balaban J connectivity index is 1.47. The summed E-state index contributed by atoms with van der Waals surface area (Å²) in [5.41, 5.74) is 4.92. The molecule has 1 amide bonds. The molecule has 8 nitrogen and oxygen atoms in total. The fourth-order valence-electron chi connectivity index (χ4n) is 3.14. The maximum atomic E-state index is 12.5. The van der Waals surface area contributed by atoms with Crippen molar-refractivity contribution in [3.63, 3.8) is 0 Å². The number of carbonyl (C=O) groups excluding carboxylic acids is 1. The van der Waals surface area contributed by atoms with Crippen LogP contribution >= 0.6 is 0 Å². The number of hydrogen-bond donors (Lipinski definition) is 2. The molecule has 0 fully saturated rings. The van der Waals surface area contributed by atoms with E-state index in [4.69, 9.17) is 4.74 Å². The fourth-order valence-corrected chi connectivity index (χ4v) is 3.14. The number of aryl methyl sites for hydroxylation is 2. The number of benzene rings is 1. The average molecular weight is 352 g/mol. The van der Waals surface area contributed by atoms with Gasteiger partial charge in [0, 0.05) is 17.8 Å². The van der Waals surface area contributed by atoms with Crippen molar-refractivity contribution in [2.24, 2.45) is 0 Å². The topological polar surface area (TPSA) is 97.7 Å². The lowest BCUT2D eigenvalue weighted by Gasteiger charge is -2.24. The first-order valence-corrected chi connectivity index (χ1v) is 8.51. The molecule has 3 aromatic rings. The lowest BCUT2D eigenvalue weighted by molar-refractivity contribution is -0.00177. The first-order valence-electron chi connectivity index (χ1n) is 8.51. The molecule has 1 atom stereocenters. The molecule has 0 aliphatic carbocycles. The van der Waals surface area contributed by atoms with Crippen molar-refractivity contribution < 1.29 is 9.53 Å². The number of fused-ring (bicyclic) bond motifs is 1. The normalized spacial score (nSPS) is 16.3. The van der Waals surface area contributed by atoms with Crippen molar-refractivity contribution >= 4 is 5.91 Å². The number of aromatic amines is 1. The summed E-state index contributed by atoms with van der Waals surface area (Å²) in [6.07, 6.45) is -0.0856. The number of nitrogens with zero attached hydrogens (tertiary/aromatic N) is 4. The van der Waals surface area contributed by atoms with Gasteiger partial charge in [0.2, 0.25) is 0 Å². The van der Waals surface area contributed by atoms with Gasteiger partial charge >= 0.3 is 0 Å². The van der Waals surface area contributed by atoms with Crippen LogP contribution < -0.4 is 5.32 Å². The second-order valence-electron chi connectivity index (χ2n) is 6.37. The van der Waals surface area contributed by atoms with Crippen LogP contribution in [0.25, 0.3) is 0 Å². The van der Waals surface area contributed by atoms with Crippen molar-refractivity contribution in [1.82, 2.24) is 30.5 Å². The van der Waals surface area contributed by atoms with Crippen molar-refractivity contribution in [3.05, 3.63) is 64.2 Å². The van der Waals surface area contributed by atoms with Crippen LogP contribution in [0.1, 0.15) is 44.8 Å². The van der Waals surface area contributed by atoms with E-state index in [9.17, 15) is 4.79 Å². The highest BCUT2D eigenvalue weighted by molar-refractivity contribution is 5.93. The minimum Gasteiger partial charge on any atom is -0.365 e. The summed E-state index contributed by atoms with van der Waals surface area (Å²) in [4.78, 5) is 12.5. The van der Waals surface area contributed by atoms with Crippen molar-refractivity contribution in [2.75, 3.05) is 0 Å². The summed E-state index contributed by atoms with van der Waals surface area (Å²) in [6, 6.07) is 9.98. The highest BCUT2D eigenvalue weighted by Gasteiger charge is 2.27. The first-order chi connectivity index (χ1) is 12.6. The molecule has 1 aliphatic rings. The van der Waals surface area contributed by atoms with E-state index in [-0.39, 0.29) is 12.0 Å². The zero-order valence-corrected chi connectivity index (χ0v) is 14.7. The summed E-state index contributed by atoms with van der Waals surface area (Å²) >= 11 is 0. The Morgan fingerprint density at radius 1 is 1.35 bits per heavy atom. The van der Waals surface area contributed by atoms with Gasteiger partial charge in [-0.3, -0.25) is 9.89 Å². The molecule has 1 aliphatic heterocycles. The minimum absolute atomic E-state index is 0.0856. The highest BCUT2D eigenvalue weighted by Crippen LogP contribution is 2.26. The zero-order chi connectivity index (χ0) is 18.1. The molecular formula is C18H20N6O2. The quantitative estimate of drug-likeness (QED) is 0.746. The summed E-state index contributed by atoms with van der Waals surface area (Å²) < 4.78 is 7.69. The van der Waals surface area contributed by atoms with Crippen LogP contribution in [0.2, 0.25) is 0 Å². The number of rotatable bonds is 4. The molecule has 134 valence electrons. The third-order valence-corrected chi connectivity index (χ3v) is 4.69. The molecule has 0 spiro atoms. The van der Waals surface area contributed by atoms with E-state index in [1.165, 1.54) is 0 Å². The molecule has 0 radical (unpaired) electrons. The van der Waals surface area contributed by atoms with Gasteiger partial charge in [-0.25, -0.2) is 4.68 Å². The Kier molecular flexibility index (Phi) is 4.26. The Bertz CT molecular complexity index is 911. The van der Waals surface area contributed by atoms with Crippen LogP contribution in [0.3, 0.4) is 0 Å². The third-order valence-electron chi connectivity index (χ3n) is 4.69. The van der Waals surface area contributed by atoms with Gasteiger partial charge in [0.15, 0.2) is 5.69 Å². The Hall–Kier alpha value is -3.00. The van der Waals surface area contributed by atoms with Crippen LogP contribution in [0, 0.1) is 13.8 Å². The Labute approximate surface area is 150 Å². The average Bonchev–Trinajstić information content (AvgIpc) is 3.23. The summed E-state index contributed by atoms with van der Waals surface area (Å²) in [5, 5.41) is 18.1. The molecule has 1 unspecified atom stereocenters. The van der Waals surface area contributed by atoms with E-state index in [2.05, 4.69) is 25.8 Å². The number of nitrogens with one attached hydrogen (secondary N) is 2. The predicted octanol–water partition coefficient (Wildman–Crippen LogP) is 1.82. The SMILES string of the molecule is Cc1n[nH]c(C)c1CNC(=O)c1nnn2c1COC(c1ccccc1)C2. The van der Waals surface area contributed by atoms with E-state index in [0.717, 1.165) is 22.5 Å². The number of carbonyl (C=O) groups is 1. The van der Waals surface area contributed by atoms with Gasteiger partial charge in [-0.05, 0) is 19.4 Å². The molecular weight excluding hydrogens is 332 g/mol. The third kappa shape index (κ3) is 2.99. The van der Waals surface area contributed by atoms with Crippen LogP contribution in [0.5, 0.6) is 0 Å². The number of aromatic nitrogens is 5. The second kappa shape index (κ2) is 6.72. The molecule has 0 saturated carbocycles. The number of H-pyrrole nitrogens is 1. The molecule has 0 bridgehead atoms. The van der Waals surface area contributed by atoms with Gasteiger partial charge in [-0.1, -0.05) is 35.5 Å².